The van der Waals surface area contributed by atoms with Crippen LogP contribution in [-0.2, 0) is 0 Å². The first-order chi connectivity index (χ1) is 8.41. The number of nitrogens with one attached hydrogen (secondary N) is 1. The van der Waals surface area contributed by atoms with Gasteiger partial charge in [-0.15, -0.1) is 0 Å². The van der Waals surface area contributed by atoms with Gasteiger partial charge in [-0.2, -0.15) is 0 Å². The molecule has 18 heavy (non-hydrogen) atoms. The Labute approximate surface area is 106 Å². The maximum atomic E-state index is 12.2. The first-order valence-electron chi connectivity index (χ1n) is 6.06. The Kier molecular flexibility index (Phi) is 3.11. The predicted octanol–water partition coefficient (Wildman–Crippen LogP) is 2.14. The number of carbonyl (C=O) groups is 2. The Morgan fingerprint density at radius 1 is 1.22 bits per heavy atom. The Hall–Kier alpha value is -1.84. The Morgan fingerprint density at radius 3 is 2.17 bits per heavy atom. The Morgan fingerprint density at radius 2 is 1.72 bits per heavy atom. The predicted molar refractivity (Wildman–Crippen MR) is 67.9 cm³/mol. The smallest absolute Gasteiger partial charge is 0.336 e. The second-order valence-electron chi connectivity index (χ2n) is 5.05. The van der Waals surface area contributed by atoms with E-state index in [0.717, 1.165) is 6.42 Å². The number of carbonyl (C=O) groups excluding carboxylic acids is 1. The maximum absolute atomic E-state index is 12.2. The summed E-state index contributed by atoms with van der Waals surface area (Å²) in [4.78, 5) is 23.4. The van der Waals surface area contributed by atoms with Crippen molar-refractivity contribution >= 4 is 11.9 Å². The zero-order chi connectivity index (χ0) is 13.4. The number of rotatable bonds is 3. The molecule has 4 heteroatoms. The van der Waals surface area contributed by atoms with Gasteiger partial charge in [-0.3, -0.25) is 4.79 Å². The molecule has 0 bridgehead atoms. The molecule has 2 rings (SSSR count). The number of hydrogen-bond acceptors (Lipinski definition) is 2. The summed E-state index contributed by atoms with van der Waals surface area (Å²) in [6.45, 7) is 5.53. The van der Waals surface area contributed by atoms with Crippen LogP contribution in [0.2, 0.25) is 0 Å². The molecule has 2 unspecified atom stereocenters. The molecule has 1 saturated carbocycles. The van der Waals surface area contributed by atoms with Crippen molar-refractivity contribution in [1.29, 1.82) is 0 Å². The minimum Gasteiger partial charge on any atom is -0.478 e. The molecule has 0 radical (unpaired) electrons. The number of carboxylic acid groups (broad SMARTS) is 1. The van der Waals surface area contributed by atoms with Crippen LogP contribution in [-0.4, -0.2) is 23.0 Å². The number of amides is 1. The van der Waals surface area contributed by atoms with E-state index in [1.807, 2.05) is 0 Å². The molecule has 4 nitrogen and oxygen atoms in total. The lowest BCUT2D eigenvalue weighted by Gasteiger charge is -2.12. The summed E-state index contributed by atoms with van der Waals surface area (Å²) in [5.41, 5.74) is 1.72. The first-order valence-corrected chi connectivity index (χ1v) is 6.06. The molecule has 2 atom stereocenters. The van der Waals surface area contributed by atoms with Crippen LogP contribution >= 0.6 is 0 Å². The topological polar surface area (TPSA) is 66.4 Å². The number of aromatic carboxylic acids is 1. The van der Waals surface area contributed by atoms with Crippen molar-refractivity contribution in [2.75, 3.05) is 0 Å². The van der Waals surface area contributed by atoms with Gasteiger partial charge in [-0.05, 0) is 37.3 Å². The van der Waals surface area contributed by atoms with E-state index in [9.17, 15) is 14.7 Å². The molecule has 0 saturated heterocycles. The first kappa shape index (κ1) is 12.6. The van der Waals surface area contributed by atoms with E-state index in [4.69, 9.17) is 0 Å². The van der Waals surface area contributed by atoms with Crippen molar-refractivity contribution in [3.8, 4) is 0 Å². The fourth-order valence-corrected chi connectivity index (χ4v) is 2.14. The van der Waals surface area contributed by atoms with Gasteiger partial charge < -0.3 is 10.4 Å². The van der Waals surface area contributed by atoms with Gasteiger partial charge in [-0.25, -0.2) is 4.79 Å². The van der Waals surface area contributed by atoms with Gasteiger partial charge in [-0.1, -0.05) is 19.1 Å². The molecule has 2 N–H and O–H groups in total. The molecule has 0 spiro atoms. The minimum absolute atomic E-state index is 0.112. The third-order valence-electron chi connectivity index (χ3n) is 3.49. The van der Waals surface area contributed by atoms with Gasteiger partial charge in [0.15, 0.2) is 0 Å². The lowest BCUT2D eigenvalue weighted by molar-refractivity contribution is 0.0690. The molecular formula is C14H17NO3. The quantitative estimate of drug-likeness (QED) is 0.860. The van der Waals surface area contributed by atoms with Crippen LogP contribution in [0.25, 0.3) is 0 Å². The average molecular weight is 247 g/mol. The zero-order valence-corrected chi connectivity index (χ0v) is 10.8. The third-order valence-corrected chi connectivity index (χ3v) is 3.49. The fraction of sp³-hybridized carbons (Fsp3) is 0.429. The van der Waals surface area contributed by atoms with Crippen molar-refractivity contribution in [1.82, 2.24) is 5.32 Å². The lowest BCUT2D eigenvalue weighted by Crippen LogP contribution is -2.29. The molecule has 1 aromatic rings. The summed E-state index contributed by atoms with van der Waals surface area (Å²) in [6, 6.07) is 3.71. The van der Waals surface area contributed by atoms with Crippen molar-refractivity contribution in [2.24, 2.45) is 5.92 Å². The molecule has 1 aromatic carbocycles. The molecule has 1 amide bonds. The van der Waals surface area contributed by atoms with Crippen LogP contribution in [0, 0.1) is 19.8 Å². The lowest BCUT2D eigenvalue weighted by atomic mass is 9.96. The normalized spacial score (nSPS) is 21.5. The number of benzene rings is 1. The van der Waals surface area contributed by atoms with Crippen molar-refractivity contribution < 1.29 is 14.7 Å². The second kappa shape index (κ2) is 4.44. The van der Waals surface area contributed by atoms with Crippen LogP contribution in [0.15, 0.2) is 12.1 Å². The highest BCUT2D eigenvalue weighted by Gasteiger charge is 2.35. The van der Waals surface area contributed by atoms with Gasteiger partial charge in [0, 0.05) is 6.04 Å². The molecule has 1 fully saturated rings. The summed E-state index contributed by atoms with van der Waals surface area (Å²) >= 11 is 0. The highest BCUT2D eigenvalue weighted by Crippen LogP contribution is 2.30. The van der Waals surface area contributed by atoms with E-state index in [-0.39, 0.29) is 17.5 Å². The molecular weight excluding hydrogens is 230 g/mol. The van der Waals surface area contributed by atoms with E-state index in [1.54, 1.807) is 26.0 Å². The van der Waals surface area contributed by atoms with E-state index >= 15 is 0 Å². The standard InChI is InChI=1S/C14H17NO3/c1-7-4-5-8(2)12(14(17)18)11(7)13(16)15-10-6-9(10)3/h4-5,9-10H,6H2,1-3H3,(H,15,16)(H,17,18). The minimum atomic E-state index is -1.05. The average Bonchev–Trinajstić information content (AvgIpc) is 2.96. The van der Waals surface area contributed by atoms with Crippen LogP contribution < -0.4 is 5.32 Å². The Bertz CT molecular complexity index is 522. The van der Waals surface area contributed by atoms with Crippen molar-refractivity contribution in [3.05, 3.63) is 34.4 Å². The van der Waals surface area contributed by atoms with Gasteiger partial charge in [0.1, 0.15) is 0 Å². The van der Waals surface area contributed by atoms with Crippen LogP contribution in [0.4, 0.5) is 0 Å². The second-order valence-corrected chi connectivity index (χ2v) is 5.05. The zero-order valence-electron chi connectivity index (χ0n) is 10.8. The summed E-state index contributed by atoms with van der Waals surface area (Å²) in [6.07, 6.45) is 0.971. The number of hydrogen-bond donors (Lipinski definition) is 2. The monoisotopic (exact) mass is 247 g/mol. The highest BCUT2D eigenvalue weighted by molar-refractivity contribution is 6.06. The van der Waals surface area contributed by atoms with Crippen molar-refractivity contribution in [2.45, 2.75) is 33.2 Å². The largest absolute Gasteiger partial charge is 0.478 e. The molecule has 1 aliphatic rings. The van der Waals surface area contributed by atoms with E-state index < -0.39 is 5.97 Å². The van der Waals surface area contributed by atoms with Gasteiger partial charge in [0.05, 0.1) is 11.1 Å². The van der Waals surface area contributed by atoms with E-state index in [0.29, 0.717) is 22.6 Å². The van der Waals surface area contributed by atoms with Gasteiger partial charge in [0.2, 0.25) is 0 Å². The van der Waals surface area contributed by atoms with Gasteiger partial charge in [0.25, 0.3) is 5.91 Å². The van der Waals surface area contributed by atoms with Gasteiger partial charge >= 0.3 is 5.97 Å². The maximum Gasteiger partial charge on any atom is 0.336 e. The summed E-state index contributed by atoms with van der Waals surface area (Å²) in [7, 11) is 0. The summed E-state index contributed by atoms with van der Waals surface area (Å²) in [5.74, 6) is -0.833. The Balaban J connectivity index is 2.38. The molecule has 0 aliphatic heterocycles. The highest BCUT2D eigenvalue weighted by atomic mass is 16.4. The summed E-state index contributed by atoms with van der Waals surface area (Å²) < 4.78 is 0. The van der Waals surface area contributed by atoms with Crippen LogP contribution in [0.1, 0.15) is 45.2 Å². The van der Waals surface area contributed by atoms with E-state index in [2.05, 4.69) is 12.2 Å². The SMILES string of the molecule is Cc1ccc(C)c(C(=O)NC2CC2C)c1C(=O)O. The van der Waals surface area contributed by atoms with E-state index in [1.165, 1.54) is 0 Å². The molecule has 0 heterocycles. The van der Waals surface area contributed by atoms with Crippen LogP contribution in [0.5, 0.6) is 0 Å². The number of aryl methyl sites for hydroxylation is 2. The summed E-state index contributed by atoms with van der Waals surface area (Å²) in [5, 5.41) is 12.1. The van der Waals surface area contributed by atoms with Crippen molar-refractivity contribution in [3.63, 3.8) is 0 Å². The molecule has 96 valence electrons. The molecule has 1 aliphatic carbocycles. The fourth-order valence-electron chi connectivity index (χ4n) is 2.14. The molecule has 0 aromatic heterocycles. The van der Waals surface area contributed by atoms with Crippen LogP contribution in [0.3, 0.4) is 0 Å². The number of carboxylic acids is 1. The third kappa shape index (κ3) is 2.23.